The maximum Gasteiger partial charge on any atom is 0.0782 e. The first-order valence-electron chi connectivity index (χ1n) is 25.9. The molecule has 0 amide bonds. The Morgan fingerprint density at radius 1 is 0.392 bits per heavy atom. The molecule has 0 saturated carbocycles. The zero-order valence-corrected chi connectivity index (χ0v) is 40.5. The molecule has 0 saturated heterocycles. The first-order chi connectivity index (χ1) is 36.7. The lowest BCUT2D eigenvalue weighted by molar-refractivity contribution is 0.780. The normalized spacial score (nSPS) is 14.9. The molecule has 0 fully saturated rings. The molecule has 0 atom stereocenters. The van der Waals surface area contributed by atoms with Gasteiger partial charge in [0.25, 0.3) is 0 Å². The number of allylic oxidation sites excluding steroid dienone is 4. The molecule has 74 heavy (non-hydrogen) atoms. The van der Waals surface area contributed by atoms with Crippen molar-refractivity contribution in [3.8, 4) is 16.8 Å². The Morgan fingerprint density at radius 2 is 0.905 bits per heavy atom. The molecule has 344 valence electrons. The van der Waals surface area contributed by atoms with Gasteiger partial charge in [-0.2, -0.15) is 0 Å². The molecule has 2 heteroatoms. The van der Waals surface area contributed by atoms with Crippen molar-refractivity contribution in [2.75, 3.05) is 4.90 Å². The molecule has 3 aliphatic carbocycles. The van der Waals surface area contributed by atoms with Crippen molar-refractivity contribution >= 4 is 87.9 Å². The molecule has 0 unspecified atom stereocenters. The first kappa shape index (κ1) is 41.2. The van der Waals surface area contributed by atoms with Gasteiger partial charge in [0.1, 0.15) is 0 Å². The third-order valence-corrected chi connectivity index (χ3v) is 16.6. The lowest BCUT2D eigenvalue weighted by Crippen LogP contribution is -2.29. The second kappa shape index (κ2) is 15.7. The van der Waals surface area contributed by atoms with E-state index in [1.54, 1.807) is 0 Å². The summed E-state index contributed by atoms with van der Waals surface area (Å²) in [5, 5.41) is 12.5. The fourth-order valence-corrected chi connectivity index (χ4v) is 13.7. The highest BCUT2D eigenvalue weighted by molar-refractivity contribution is 6.26. The Kier molecular flexibility index (Phi) is 8.76. The predicted molar refractivity (Wildman–Crippen MR) is 312 cm³/mol. The van der Waals surface area contributed by atoms with E-state index in [-0.39, 0.29) is 0 Å². The Hall–Kier alpha value is -9.50. The highest BCUT2D eigenvalue weighted by Gasteiger charge is 2.53. The fourth-order valence-electron chi connectivity index (χ4n) is 13.7. The van der Waals surface area contributed by atoms with Crippen LogP contribution in [0.4, 0.5) is 11.4 Å². The number of para-hydroxylation sites is 2. The van der Waals surface area contributed by atoms with E-state index < -0.39 is 5.41 Å². The van der Waals surface area contributed by atoms with Crippen LogP contribution in [0.5, 0.6) is 0 Å². The van der Waals surface area contributed by atoms with Crippen LogP contribution in [0.3, 0.4) is 0 Å². The first-order valence-corrected chi connectivity index (χ1v) is 25.9. The van der Waals surface area contributed by atoms with E-state index in [1.807, 2.05) is 0 Å². The molecule has 0 N–H and O–H groups in total. The zero-order valence-electron chi connectivity index (χ0n) is 40.5. The lowest BCUT2D eigenvalue weighted by Gasteiger charge is -2.36. The monoisotopic (exact) mass is 938 g/mol. The topological polar surface area (TPSA) is 8.17 Å². The Labute approximate surface area is 429 Å². The molecule has 12 aromatic carbocycles. The molecule has 1 aromatic heterocycles. The average Bonchev–Trinajstić information content (AvgIpc) is 4.12. The van der Waals surface area contributed by atoms with Crippen molar-refractivity contribution in [1.82, 2.24) is 4.57 Å². The smallest absolute Gasteiger partial charge is 0.0782 e. The van der Waals surface area contributed by atoms with Gasteiger partial charge >= 0.3 is 0 Å². The van der Waals surface area contributed by atoms with E-state index >= 15 is 0 Å². The predicted octanol–water partition coefficient (Wildman–Crippen LogP) is 18.7. The Balaban J connectivity index is 1.07. The molecule has 0 radical (unpaired) electrons. The van der Waals surface area contributed by atoms with E-state index in [1.165, 1.54) is 126 Å². The summed E-state index contributed by atoms with van der Waals surface area (Å²) in [6.45, 7) is 0. The summed E-state index contributed by atoms with van der Waals surface area (Å²) in [7, 11) is 0. The second-order valence-electron chi connectivity index (χ2n) is 20.3. The average molecular weight is 939 g/mol. The summed E-state index contributed by atoms with van der Waals surface area (Å²) in [5.74, 6) is 0. The van der Waals surface area contributed by atoms with E-state index in [0.717, 1.165) is 17.1 Å². The zero-order chi connectivity index (χ0) is 48.5. The Morgan fingerprint density at radius 3 is 1.59 bits per heavy atom. The fraction of sp³-hybridized carbons (Fsp3) is 0.0278. The SMILES string of the molecule is C1=C(N(c2ccc3c4ccccc4c4ccccc4c3c2)c2cccc3c4ccc5ccccc5c4n(-c4ccccc4)c23)C/C(=C\c2ccccc2)C2=C1C1(c3ccccc32)c2ccccc2-c2ccccc21. The number of benzene rings is 12. The summed E-state index contributed by atoms with van der Waals surface area (Å²) in [6, 6.07) is 95.2. The summed E-state index contributed by atoms with van der Waals surface area (Å²) in [5.41, 5.74) is 19.5. The van der Waals surface area contributed by atoms with Gasteiger partial charge in [-0.15, -0.1) is 0 Å². The van der Waals surface area contributed by atoms with Gasteiger partial charge in [-0.05, 0) is 130 Å². The number of rotatable bonds is 5. The van der Waals surface area contributed by atoms with Crippen molar-refractivity contribution in [3.05, 3.63) is 306 Å². The summed E-state index contributed by atoms with van der Waals surface area (Å²) >= 11 is 0. The van der Waals surface area contributed by atoms with Gasteiger partial charge in [-0.3, -0.25) is 0 Å². The van der Waals surface area contributed by atoms with Crippen LogP contribution in [0.25, 0.3) is 93.4 Å². The van der Waals surface area contributed by atoms with Crippen molar-refractivity contribution < 1.29 is 0 Å². The molecule has 0 aliphatic heterocycles. The van der Waals surface area contributed by atoms with E-state index in [9.17, 15) is 0 Å². The van der Waals surface area contributed by atoms with Gasteiger partial charge in [0, 0.05) is 39.7 Å². The maximum absolute atomic E-state index is 2.64. The molecular formula is C72H46N2. The van der Waals surface area contributed by atoms with E-state index in [2.05, 4.69) is 276 Å². The second-order valence-corrected chi connectivity index (χ2v) is 20.3. The highest BCUT2D eigenvalue weighted by atomic mass is 15.2. The number of hydrogen-bond donors (Lipinski definition) is 0. The highest BCUT2D eigenvalue weighted by Crippen LogP contribution is 2.65. The van der Waals surface area contributed by atoms with Crippen molar-refractivity contribution in [2.24, 2.45) is 0 Å². The van der Waals surface area contributed by atoms with E-state index in [0.29, 0.717) is 6.42 Å². The van der Waals surface area contributed by atoms with Crippen molar-refractivity contribution in [2.45, 2.75) is 11.8 Å². The number of hydrogen-bond acceptors (Lipinski definition) is 1. The van der Waals surface area contributed by atoms with Gasteiger partial charge in [0.2, 0.25) is 0 Å². The van der Waals surface area contributed by atoms with Crippen LogP contribution in [0.15, 0.2) is 278 Å². The van der Waals surface area contributed by atoms with Gasteiger partial charge in [-0.25, -0.2) is 0 Å². The van der Waals surface area contributed by atoms with E-state index in [4.69, 9.17) is 0 Å². The standard InChI is InChI=1S/C72H46N2/c1-3-20-46(21-4-1)42-48-43-51(45-67-69(48)62-32-15-18-36-66(62)72(67)64-34-16-13-30-58(64)59-31-14-17-35-65(59)72)73(50-39-41-57-55-28-10-9-26-53(55)54-27-11-12-29-56(54)63(57)44-50)68-37-19-33-60-61-40-38-47-22-7-8-25-52(47)70(61)74(71(60)68)49-23-5-2-6-24-49/h1-42,44-45H,43H2/b48-42+. The van der Waals surface area contributed by atoms with Crippen LogP contribution in [-0.2, 0) is 5.41 Å². The van der Waals surface area contributed by atoms with Crippen molar-refractivity contribution in [1.29, 1.82) is 0 Å². The van der Waals surface area contributed by atoms with Gasteiger partial charge in [0.15, 0.2) is 0 Å². The lowest BCUT2D eigenvalue weighted by atomic mass is 9.68. The molecule has 13 aromatic rings. The van der Waals surface area contributed by atoms with Crippen LogP contribution < -0.4 is 4.90 Å². The molecule has 16 rings (SSSR count). The minimum atomic E-state index is -0.547. The third-order valence-electron chi connectivity index (χ3n) is 16.6. The minimum Gasteiger partial charge on any atom is -0.312 e. The summed E-state index contributed by atoms with van der Waals surface area (Å²) in [6.07, 6.45) is 5.78. The number of fused-ring (bicyclic) bond motifs is 20. The Bertz CT molecular complexity index is 4540. The number of aromatic nitrogens is 1. The van der Waals surface area contributed by atoms with Crippen LogP contribution in [0.2, 0.25) is 0 Å². The molecule has 1 spiro atoms. The van der Waals surface area contributed by atoms with Gasteiger partial charge in [0.05, 0.1) is 22.1 Å². The molecule has 1 heterocycles. The molecule has 3 aliphatic rings. The molecular weight excluding hydrogens is 893 g/mol. The number of nitrogens with zero attached hydrogens (tertiary/aromatic N) is 2. The molecule has 0 bridgehead atoms. The minimum absolute atomic E-state index is 0.547. The summed E-state index contributed by atoms with van der Waals surface area (Å²) in [4.78, 5) is 2.64. The van der Waals surface area contributed by atoms with Gasteiger partial charge in [-0.1, -0.05) is 231 Å². The van der Waals surface area contributed by atoms with Crippen LogP contribution in [0.1, 0.15) is 34.2 Å². The van der Waals surface area contributed by atoms with Crippen molar-refractivity contribution in [3.63, 3.8) is 0 Å². The summed E-state index contributed by atoms with van der Waals surface area (Å²) < 4.78 is 2.55. The van der Waals surface area contributed by atoms with Crippen LogP contribution in [0, 0.1) is 0 Å². The maximum atomic E-state index is 2.64. The third kappa shape index (κ3) is 5.65. The van der Waals surface area contributed by atoms with Crippen LogP contribution >= 0.6 is 0 Å². The number of anilines is 2. The van der Waals surface area contributed by atoms with Gasteiger partial charge < -0.3 is 9.47 Å². The van der Waals surface area contributed by atoms with Crippen LogP contribution in [-0.4, -0.2) is 4.57 Å². The largest absolute Gasteiger partial charge is 0.312 e. The quantitative estimate of drug-likeness (QED) is 0.156. The molecule has 2 nitrogen and oxygen atoms in total.